The second-order valence-corrected chi connectivity index (χ2v) is 36.2. The van der Waals surface area contributed by atoms with Crippen molar-refractivity contribution in [3.8, 4) is 0 Å². The van der Waals surface area contributed by atoms with E-state index in [-0.39, 0.29) is 25.7 Å². The molecule has 3 N–H and O–H groups in total. The van der Waals surface area contributed by atoms with Gasteiger partial charge in [-0.05, 0) is 31.6 Å². The van der Waals surface area contributed by atoms with Crippen molar-refractivity contribution in [3.63, 3.8) is 0 Å². The number of rotatable bonds is 92. The first-order chi connectivity index (χ1) is 54.1. The maximum Gasteiger partial charge on any atom is 0.472 e. The molecule has 0 fully saturated rings. The first-order valence-corrected chi connectivity index (χ1v) is 50.7. The zero-order chi connectivity index (χ0) is 81.1. The van der Waals surface area contributed by atoms with Crippen LogP contribution in [0.25, 0.3) is 0 Å². The SMILES string of the molecule is CCCCCCCCCCCCCCCCCCCCCCCCC(=O)OC[C@H](COP(=O)(O)OC[C@@H](O)COP(=O)(O)OC[C@@H](COC(=O)CCCCCCCCCCC)OC(=O)CCCCCCCCCCCCCCCCCCCC)OC(=O)CCCCCCCCCCCCCCCCCCCCC(C)CC. The summed E-state index contributed by atoms with van der Waals surface area (Å²) in [5, 5.41) is 10.7. The third-order valence-corrected chi connectivity index (χ3v) is 24.0. The van der Waals surface area contributed by atoms with Gasteiger partial charge >= 0.3 is 39.5 Å². The number of esters is 4. The number of phosphoric acid groups is 2. The second-order valence-electron chi connectivity index (χ2n) is 33.3. The average molecular weight is 1620 g/mol. The van der Waals surface area contributed by atoms with E-state index in [0.29, 0.717) is 25.7 Å². The van der Waals surface area contributed by atoms with Crippen LogP contribution in [-0.4, -0.2) is 96.7 Å². The predicted octanol–water partition coefficient (Wildman–Crippen LogP) is 28.7. The number of carbonyl (C=O) groups excluding carboxylic acids is 4. The van der Waals surface area contributed by atoms with Gasteiger partial charge in [0, 0.05) is 25.7 Å². The number of hydrogen-bond acceptors (Lipinski definition) is 15. The topological polar surface area (TPSA) is 237 Å². The lowest BCUT2D eigenvalue weighted by Gasteiger charge is -2.21. The van der Waals surface area contributed by atoms with Crippen LogP contribution in [0, 0.1) is 5.92 Å². The zero-order valence-electron chi connectivity index (χ0n) is 73.1. The maximum absolute atomic E-state index is 13.2. The van der Waals surface area contributed by atoms with Crippen molar-refractivity contribution in [1.82, 2.24) is 0 Å². The van der Waals surface area contributed by atoms with Gasteiger partial charge < -0.3 is 33.8 Å². The van der Waals surface area contributed by atoms with Crippen molar-refractivity contribution in [2.24, 2.45) is 5.92 Å². The summed E-state index contributed by atoms with van der Waals surface area (Å²) >= 11 is 0. The molecule has 6 atom stereocenters. The van der Waals surface area contributed by atoms with Gasteiger partial charge in [-0.25, -0.2) is 9.13 Å². The molecule has 0 aromatic carbocycles. The van der Waals surface area contributed by atoms with Crippen LogP contribution in [-0.2, 0) is 65.4 Å². The molecule has 0 aliphatic carbocycles. The molecule has 111 heavy (non-hydrogen) atoms. The van der Waals surface area contributed by atoms with Crippen LogP contribution in [0.5, 0.6) is 0 Å². The van der Waals surface area contributed by atoms with E-state index in [0.717, 1.165) is 95.8 Å². The average Bonchev–Trinajstić information content (AvgIpc) is 0.898. The Kier molecular flexibility index (Phi) is 83.0. The monoisotopic (exact) mass is 1620 g/mol. The molecule has 17 nitrogen and oxygen atoms in total. The van der Waals surface area contributed by atoms with E-state index in [1.165, 1.54) is 327 Å². The molecular formula is C92H180O17P2. The Morgan fingerprint density at radius 1 is 0.252 bits per heavy atom. The normalized spacial score (nSPS) is 13.9. The van der Waals surface area contributed by atoms with Crippen molar-refractivity contribution in [2.75, 3.05) is 39.6 Å². The number of unbranched alkanes of at least 4 members (excludes halogenated alkanes) is 63. The van der Waals surface area contributed by atoms with Gasteiger partial charge in [-0.2, -0.15) is 0 Å². The largest absolute Gasteiger partial charge is 0.472 e. The van der Waals surface area contributed by atoms with Crippen LogP contribution >= 0.6 is 15.6 Å². The number of hydrogen-bond donors (Lipinski definition) is 3. The molecule has 19 heteroatoms. The molecule has 660 valence electrons. The first-order valence-electron chi connectivity index (χ1n) is 47.7. The van der Waals surface area contributed by atoms with E-state index in [4.69, 9.17) is 37.0 Å². The van der Waals surface area contributed by atoms with Crippen LogP contribution in [0.2, 0.25) is 0 Å². The Morgan fingerprint density at radius 2 is 0.432 bits per heavy atom. The van der Waals surface area contributed by atoms with Crippen LogP contribution < -0.4 is 0 Å². The summed E-state index contributed by atoms with van der Waals surface area (Å²) < 4.78 is 69.0. The Bertz CT molecular complexity index is 2100. The lowest BCUT2D eigenvalue weighted by Crippen LogP contribution is -2.30. The summed E-state index contributed by atoms with van der Waals surface area (Å²) in [4.78, 5) is 73.4. The van der Waals surface area contributed by atoms with Crippen LogP contribution in [0.3, 0.4) is 0 Å². The number of aliphatic hydroxyl groups is 1. The molecule has 0 spiro atoms. The fraction of sp³-hybridized carbons (Fsp3) is 0.957. The Hall–Kier alpha value is -1.94. The van der Waals surface area contributed by atoms with Crippen molar-refractivity contribution < 1.29 is 80.2 Å². The fourth-order valence-corrected chi connectivity index (χ4v) is 16.1. The van der Waals surface area contributed by atoms with E-state index < -0.39 is 97.5 Å². The fourth-order valence-electron chi connectivity index (χ4n) is 14.5. The van der Waals surface area contributed by atoms with E-state index in [2.05, 4.69) is 34.6 Å². The van der Waals surface area contributed by atoms with Crippen molar-refractivity contribution >= 4 is 39.5 Å². The highest BCUT2D eigenvalue weighted by molar-refractivity contribution is 7.47. The molecule has 0 heterocycles. The second kappa shape index (κ2) is 84.5. The molecule has 0 aliphatic rings. The molecular weight excluding hydrogens is 1440 g/mol. The van der Waals surface area contributed by atoms with E-state index in [9.17, 15) is 43.2 Å². The lowest BCUT2D eigenvalue weighted by molar-refractivity contribution is -0.161. The highest BCUT2D eigenvalue weighted by Crippen LogP contribution is 2.45. The number of aliphatic hydroxyl groups excluding tert-OH is 1. The zero-order valence-corrected chi connectivity index (χ0v) is 74.9. The highest BCUT2D eigenvalue weighted by Gasteiger charge is 2.31. The Balaban J connectivity index is 5.19. The molecule has 3 unspecified atom stereocenters. The Morgan fingerprint density at radius 3 is 0.640 bits per heavy atom. The van der Waals surface area contributed by atoms with Gasteiger partial charge in [-0.15, -0.1) is 0 Å². The van der Waals surface area contributed by atoms with Gasteiger partial charge in [0.1, 0.15) is 19.3 Å². The van der Waals surface area contributed by atoms with Gasteiger partial charge in [0.2, 0.25) is 0 Å². The molecule has 0 aliphatic heterocycles. The summed E-state index contributed by atoms with van der Waals surface area (Å²) in [5.74, 6) is -1.22. The van der Waals surface area contributed by atoms with E-state index in [1.807, 2.05) is 0 Å². The van der Waals surface area contributed by atoms with E-state index >= 15 is 0 Å². The maximum atomic E-state index is 13.2. The third kappa shape index (κ3) is 84.3. The van der Waals surface area contributed by atoms with Gasteiger partial charge in [-0.3, -0.25) is 37.3 Å². The number of carbonyl (C=O) groups is 4. The van der Waals surface area contributed by atoms with Crippen LogP contribution in [0.4, 0.5) is 0 Å². The highest BCUT2D eigenvalue weighted by atomic mass is 31.2. The van der Waals surface area contributed by atoms with Crippen molar-refractivity contribution in [1.29, 1.82) is 0 Å². The van der Waals surface area contributed by atoms with Crippen LogP contribution in [0.1, 0.15) is 503 Å². The molecule has 0 bridgehead atoms. The number of ether oxygens (including phenoxy) is 4. The Labute approximate surface area is 683 Å². The summed E-state index contributed by atoms with van der Waals surface area (Å²) in [7, 11) is -9.93. The quantitative estimate of drug-likeness (QED) is 0.0222. The minimum Gasteiger partial charge on any atom is -0.462 e. The molecule has 0 amide bonds. The first kappa shape index (κ1) is 109. The predicted molar refractivity (Wildman–Crippen MR) is 460 cm³/mol. The summed E-state index contributed by atoms with van der Waals surface area (Å²) in [6, 6.07) is 0. The number of phosphoric ester groups is 2. The standard InChI is InChI=1S/C92H180O17P2/c1-6-10-13-16-19-22-24-26-28-30-32-33-34-35-40-43-47-51-56-61-66-71-76-90(95)103-82-88(109-92(97)78-73-68-63-58-53-49-45-41-37-36-38-42-46-50-55-59-64-69-74-85(5)9-4)84-107-111(100,101)105-80-86(93)79-104-110(98,99)106-83-87(81-102-89(94)75-70-65-60-54-21-18-15-12-8-3)108-91(96)77-72-67-62-57-52-48-44-39-31-29-27-25-23-20-17-14-11-7-2/h85-88,93H,6-84H2,1-5H3,(H,98,99)(H,100,101)/t85?,86-,87+,88+/m0/s1. The molecule has 0 saturated carbocycles. The van der Waals surface area contributed by atoms with Crippen molar-refractivity contribution in [3.05, 3.63) is 0 Å². The minimum atomic E-state index is -4.97. The third-order valence-electron chi connectivity index (χ3n) is 22.1. The molecule has 0 rings (SSSR count). The van der Waals surface area contributed by atoms with Gasteiger partial charge in [0.15, 0.2) is 12.2 Å². The molecule has 0 radical (unpaired) electrons. The smallest absolute Gasteiger partial charge is 0.462 e. The summed E-state index contributed by atoms with van der Waals surface area (Å²) in [6.07, 6.45) is 80.8. The minimum absolute atomic E-state index is 0.109. The molecule has 0 aromatic rings. The van der Waals surface area contributed by atoms with Gasteiger partial charge in [-0.1, -0.05) is 452 Å². The molecule has 0 aromatic heterocycles. The summed E-state index contributed by atoms with van der Waals surface area (Å²) in [5.41, 5.74) is 0. The van der Waals surface area contributed by atoms with Crippen LogP contribution in [0.15, 0.2) is 0 Å². The molecule has 0 saturated heterocycles. The van der Waals surface area contributed by atoms with E-state index in [1.54, 1.807) is 0 Å². The lowest BCUT2D eigenvalue weighted by atomic mass is 9.99. The van der Waals surface area contributed by atoms with Gasteiger partial charge in [0.25, 0.3) is 0 Å². The van der Waals surface area contributed by atoms with Gasteiger partial charge in [0.05, 0.1) is 26.4 Å². The van der Waals surface area contributed by atoms with Crippen molar-refractivity contribution in [2.45, 2.75) is 522 Å². The summed E-state index contributed by atoms with van der Waals surface area (Å²) in [6.45, 7) is 7.45.